The standard InChI is InChI=1S/C26H39N5O4/c1-8-35-23(32)21-20(16-30-11-13-31(14-12-30)25(34)28-26(4,5)6)29(7)24(33)27-22(21)19-15-17(2)9-10-18(19)3/h9-10,15,22H,8,11-14,16H2,1-7H3,(H,27,33)(H,28,34)/t22-/m0/s1. The van der Waals surface area contributed by atoms with Crippen molar-refractivity contribution in [2.75, 3.05) is 46.4 Å². The molecular weight excluding hydrogens is 446 g/mol. The summed E-state index contributed by atoms with van der Waals surface area (Å²) >= 11 is 0. The third-order valence-electron chi connectivity index (χ3n) is 6.33. The van der Waals surface area contributed by atoms with Crippen LogP contribution in [-0.4, -0.2) is 84.6 Å². The van der Waals surface area contributed by atoms with Gasteiger partial charge in [0.05, 0.1) is 18.2 Å². The van der Waals surface area contributed by atoms with E-state index in [9.17, 15) is 14.4 Å². The Bertz CT molecular complexity index is 1010. The Kier molecular flexibility index (Phi) is 8.10. The van der Waals surface area contributed by atoms with E-state index < -0.39 is 12.0 Å². The van der Waals surface area contributed by atoms with Crippen LogP contribution in [0.3, 0.4) is 0 Å². The number of piperazine rings is 1. The van der Waals surface area contributed by atoms with E-state index in [0.717, 1.165) is 16.7 Å². The normalized spacial score (nSPS) is 19.5. The Balaban J connectivity index is 1.89. The maximum Gasteiger partial charge on any atom is 0.338 e. The van der Waals surface area contributed by atoms with Crippen LogP contribution in [0.2, 0.25) is 0 Å². The molecule has 9 nitrogen and oxygen atoms in total. The Hall–Kier alpha value is -3.07. The fourth-order valence-corrected chi connectivity index (χ4v) is 4.42. The summed E-state index contributed by atoms with van der Waals surface area (Å²) in [5.74, 6) is -0.427. The van der Waals surface area contributed by atoms with E-state index in [1.807, 2.05) is 52.8 Å². The number of ether oxygens (including phenoxy) is 1. The molecule has 2 heterocycles. The van der Waals surface area contributed by atoms with Gasteiger partial charge < -0.3 is 20.3 Å². The van der Waals surface area contributed by atoms with Gasteiger partial charge in [-0.2, -0.15) is 0 Å². The maximum atomic E-state index is 13.2. The molecule has 0 aliphatic carbocycles. The number of hydrogen-bond donors (Lipinski definition) is 2. The molecule has 9 heteroatoms. The third kappa shape index (κ3) is 6.33. The van der Waals surface area contributed by atoms with Gasteiger partial charge in [0.25, 0.3) is 0 Å². The molecule has 2 N–H and O–H groups in total. The summed E-state index contributed by atoms with van der Waals surface area (Å²) in [5.41, 5.74) is 3.71. The molecule has 1 aromatic rings. The molecule has 2 aliphatic rings. The Morgan fingerprint density at radius 2 is 1.80 bits per heavy atom. The minimum absolute atomic E-state index is 0.0762. The predicted molar refractivity (Wildman–Crippen MR) is 135 cm³/mol. The van der Waals surface area contributed by atoms with Crippen LogP contribution < -0.4 is 10.6 Å². The molecule has 35 heavy (non-hydrogen) atoms. The molecule has 4 amide bonds. The highest BCUT2D eigenvalue weighted by atomic mass is 16.5. The average Bonchev–Trinajstić information content (AvgIpc) is 2.77. The zero-order chi connectivity index (χ0) is 25.9. The van der Waals surface area contributed by atoms with Crippen molar-refractivity contribution in [2.24, 2.45) is 0 Å². The van der Waals surface area contributed by atoms with Crippen LogP contribution >= 0.6 is 0 Å². The van der Waals surface area contributed by atoms with Gasteiger partial charge in [-0.05, 0) is 52.7 Å². The van der Waals surface area contributed by atoms with Gasteiger partial charge in [-0.15, -0.1) is 0 Å². The summed E-state index contributed by atoms with van der Waals surface area (Å²) in [6, 6.07) is 5.09. The number of rotatable bonds is 5. The first-order chi connectivity index (χ1) is 16.4. The monoisotopic (exact) mass is 485 g/mol. The fourth-order valence-electron chi connectivity index (χ4n) is 4.42. The van der Waals surface area contributed by atoms with Gasteiger partial charge in [0.15, 0.2) is 0 Å². The molecule has 0 aromatic heterocycles. The number of likely N-dealkylation sites (N-methyl/N-ethyl adjacent to an activating group) is 1. The molecule has 0 spiro atoms. The zero-order valence-electron chi connectivity index (χ0n) is 22.0. The number of carbonyl (C=O) groups excluding carboxylic acids is 3. The first-order valence-electron chi connectivity index (χ1n) is 12.2. The number of aryl methyl sites for hydroxylation is 2. The van der Waals surface area contributed by atoms with E-state index in [0.29, 0.717) is 44.0 Å². The molecule has 1 atom stereocenters. The lowest BCUT2D eigenvalue weighted by molar-refractivity contribution is -0.139. The van der Waals surface area contributed by atoms with Crippen LogP contribution in [-0.2, 0) is 9.53 Å². The van der Waals surface area contributed by atoms with E-state index in [-0.39, 0.29) is 24.2 Å². The molecule has 0 saturated carbocycles. The molecule has 0 unspecified atom stereocenters. The zero-order valence-corrected chi connectivity index (χ0v) is 22.0. The Morgan fingerprint density at radius 3 is 2.40 bits per heavy atom. The minimum Gasteiger partial charge on any atom is -0.463 e. The second kappa shape index (κ2) is 10.7. The van der Waals surface area contributed by atoms with E-state index in [1.54, 1.807) is 18.9 Å². The molecule has 1 saturated heterocycles. The lowest BCUT2D eigenvalue weighted by Crippen LogP contribution is -2.56. The van der Waals surface area contributed by atoms with Gasteiger partial charge in [-0.3, -0.25) is 9.80 Å². The van der Waals surface area contributed by atoms with Crippen molar-refractivity contribution in [3.8, 4) is 0 Å². The van der Waals surface area contributed by atoms with Crippen molar-refractivity contribution in [3.05, 3.63) is 46.2 Å². The molecule has 0 bridgehead atoms. The number of hydrogen-bond acceptors (Lipinski definition) is 5. The second-order valence-corrected chi connectivity index (χ2v) is 10.3. The molecule has 3 rings (SSSR count). The van der Waals surface area contributed by atoms with Gasteiger partial charge in [-0.25, -0.2) is 14.4 Å². The van der Waals surface area contributed by atoms with Crippen LogP contribution in [0.5, 0.6) is 0 Å². The number of esters is 1. The number of benzene rings is 1. The van der Waals surface area contributed by atoms with Gasteiger partial charge in [0.1, 0.15) is 0 Å². The van der Waals surface area contributed by atoms with Crippen LogP contribution in [0.15, 0.2) is 29.5 Å². The van der Waals surface area contributed by atoms with Crippen molar-refractivity contribution in [2.45, 2.75) is 53.1 Å². The molecule has 192 valence electrons. The molecule has 0 radical (unpaired) electrons. The van der Waals surface area contributed by atoms with Crippen molar-refractivity contribution in [3.63, 3.8) is 0 Å². The second-order valence-electron chi connectivity index (χ2n) is 10.3. The van der Waals surface area contributed by atoms with E-state index in [1.165, 1.54) is 4.90 Å². The van der Waals surface area contributed by atoms with Crippen molar-refractivity contribution in [1.29, 1.82) is 0 Å². The van der Waals surface area contributed by atoms with Crippen molar-refractivity contribution in [1.82, 2.24) is 25.3 Å². The average molecular weight is 486 g/mol. The van der Waals surface area contributed by atoms with E-state index in [2.05, 4.69) is 15.5 Å². The first kappa shape index (κ1) is 26.5. The number of nitrogens with zero attached hydrogens (tertiary/aromatic N) is 3. The van der Waals surface area contributed by atoms with Crippen LogP contribution in [0.25, 0.3) is 0 Å². The summed E-state index contributed by atoms with van der Waals surface area (Å²) in [6.07, 6.45) is 0. The topological polar surface area (TPSA) is 94.2 Å². The molecule has 2 aliphatic heterocycles. The maximum absolute atomic E-state index is 13.2. The van der Waals surface area contributed by atoms with Crippen molar-refractivity contribution >= 4 is 18.0 Å². The van der Waals surface area contributed by atoms with Crippen LogP contribution in [0.4, 0.5) is 9.59 Å². The van der Waals surface area contributed by atoms with Crippen LogP contribution in [0.1, 0.15) is 50.4 Å². The van der Waals surface area contributed by atoms with Gasteiger partial charge in [0, 0.05) is 51.0 Å². The largest absolute Gasteiger partial charge is 0.463 e. The number of amides is 4. The Morgan fingerprint density at radius 1 is 1.14 bits per heavy atom. The lowest BCUT2D eigenvalue weighted by Gasteiger charge is -2.40. The highest BCUT2D eigenvalue weighted by Gasteiger charge is 2.38. The Labute approximate surface area is 208 Å². The highest BCUT2D eigenvalue weighted by Crippen LogP contribution is 2.33. The quantitative estimate of drug-likeness (QED) is 0.626. The molecule has 1 aromatic carbocycles. The lowest BCUT2D eigenvalue weighted by atomic mass is 9.90. The molecular formula is C26H39N5O4. The van der Waals surface area contributed by atoms with E-state index >= 15 is 0 Å². The summed E-state index contributed by atoms with van der Waals surface area (Å²) in [5, 5.41) is 6.00. The number of carbonyl (C=O) groups is 3. The van der Waals surface area contributed by atoms with E-state index in [4.69, 9.17) is 4.74 Å². The van der Waals surface area contributed by atoms with Gasteiger partial charge in [0.2, 0.25) is 0 Å². The SMILES string of the molecule is CCOC(=O)C1=C(CN2CCN(C(=O)NC(C)(C)C)CC2)N(C)C(=O)N[C@H]1c1cc(C)ccc1C. The molecule has 1 fully saturated rings. The number of nitrogens with one attached hydrogen (secondary N) is 2. The summed E-state index contributed by atoms with van der Waals surface area (Å²) in [4.78, 5) is 44.2. The predicted octanol–water partition coefficient (Wildman–Crippen LogP) is 2.94. The fraction of sp³-hybridized carbons (Fsp3) is 0.577. The van der Waals surface area contributed by atoms with Gasteiger partial charge >= 0.3 is 18.0 Å². The highest BCUT2D eigenvalue weighted by molar-refractivity contribution is 5.95. The summed E-state index contributed by atoms with van der Waals surface area (Å²) in [6.45, 7) is 14.7. The smallest absolute Gasteiger partial charge is 0.338 e. The first-order valence-corrected chi connectivity index (χ1v) is 12.2. The number of urea groups is 2. The third-order valence-corrected chi connectivity index (χ3v) is 6.33. The summed E-state index contributed by atoms with van der Waals surface area (Å²) < 4.78 is 5.45. The van der Waals surface area contributed by atoms with Crippen LogP contribution in [0, 0.1) is 13.8 Å². The van der Waals surface area contributed by atoms with Crippen molar-refractivity contribution < 1.29 is 19.1 Å². The van der Waals surface area contributed by atoms with Gasteiger partial charge in [-0.1, -0.05) is 23.8 Å². The summed E-state index contributed by atoms with van der Waals surface area (Å²) in [7, 11) is 1.68. The minimum atomic E-state index is -0.591.